The first kappa shape index (κ1) is 22.5. The second kappa shape index (κ2) is 9.62. The van der Waals surface area contributed by atoms with Crippen LogP contribution in [0.3, 0.4) is 0 Å². The minimum Gasteiger partial charge on any atom is -0.467 e. The Morgan fingerprint density at radius 2 is 1.83 bits per heavy atom. The number of benzene rings is 1. The molecule has 0 unspecified atom stereocenters. The lowest BCUT2D eigenvalue weighted by atomic mass is 10.1. The second-order valence-electron chi connectivity index (χ2n) is 7.89. The van der Waals surface area contributed by atoms with Crippen molar-refractivity contribution in [2.75, 3.05) is 20.2 Å². The normalized spacial score (nSPS) is 18.9. The lowest BCUT2D eigenvalue weighted by Gasteiger charge is -2.28. The third-order valence-electron chi connectivity index (χ3n) is 4.60. The van der Waals surface area contributed by atoms with Gasteiger partial charge in [-0.3, -0.25) is 4.90 Å². The molecule has 160 valence electrons. The van der Waals surface area contributed by atoms with Crippen LogP contribution in [0.2, 0.25) is 0 Å². The topological polar surface area (TPSA) is 85.4 Å². The molecular formula is C21H30N2O6. The molecule has 0 aliphatic carbocycles. The molecule has 8 nitrogen and oxygen atoms in total. The first-order valence-electron chi connectivity index (χ1n) is 9.71. The molecule has 2 amide bonds. The Labute approximate surface area is 171 Å². The Hall–Kier alpha value is -2.77. The summed E-state index contributed by atoms with van der Waals surface area (Å²) >= 11 is 0. The van der Waals surface area contributed by atoms with Gasteiger partial charge in [0.1, 0.15) is 18.2 Å². The highest BCUT2D eigenvalue weighted by atomic mass is 16.6. The first-order chi connectivity index (χ1) is 13.7. The molecule has 0 spiro atoms. The van der Waals surface area contributed by atoms with E-state index in [2.05, 4.69) is 0 Å². The van der Waals surface area contributed by atoms with Gasteiger partial charge in [-0.15, -0.1) is 0 Å². The summed E-state index contributed by atoms with van der Waals surface area (Å²) in [6.07, 6.45) is -0.833. The van der Waals surface area contributed by atoms with Crippen LogP contribution in [0.25, 0.3) is 0 Å². The zero-order chi connectivity index (χ0) is 21.6. The van der Waals surface area contributed by atoms with Gasteiger partial charge in [0.05, 0.1) is 13.2 Å². The molecule has 1 aliphatic rings. The van der Waals surface area contributed by atoms with Gasteiger partial charge in [-0.1, -0.05) is 30.3 Å². The monoisotopic (exact) mass is 406 g/mol. The molecule has 0 saturated carbocycles. The fourth-order valence-electron chi connectivity index (χ4n) is 3.26. The van der Waals surface area contributed by atoms with Gasteiger partial charge in [-0.05, 0) is 33.3 Å². The summed E-state index contributed by atoms with van der Waals surface area (Å²) in [4.78, 5) is 40.3. The Morgan fingerprint density at radius 3 is 2.38 bits per heavy atom. The smallest absolute Gasteiger partial charge is 0.411 e. The molecule has 29 heavy (non-hydrogen) atoms. The van der Waals surface area contributed by atoms with Crippen molar-refractivity contribution >= 4 is 18.2 Å². The van der Waals surface area contributed by atoms with E-state index in [1.54, 1.807) is 20.8 Å². The van der Waals surface area contributed by atoms with Crippen LogP contribution in [0.5, 0.6) is 0 Å². The van der Waals surface area contributed by atoms with Crippen LogP contribution in [0.1, 0.15) is 39.7 Å². The summed E-state index contributed by atoms with van der Waals surface area (Å²) < 4.78 is 15.7. The van der Waals surface area contributed by atoms with E-state index in [1.807, 2.05) is 37.3 Å². The molecule has 1 aromatic rings. The Morgan fingerprint density at radius 1 is 1.17 bits per heavy atom. The van der Waals surface area contributed by atoms with Crippen molar-refractivity contribution in [2.24, 2.45) is 0 Å². The summed E-state index contributed by atoms with van der Waals surface area (Å²) in [5, 5.41) is 0. The molecule has 1 aliphatic heterocycles. The lowest BCUT2D eigenvalue weighted by Crippen LogP contribution is -2.45. The number of hydrogen-bond donors (Lipinski definition) is 0. The number of likely N-dealkylation sites (N-methyl/N-ethyl adjacent to an activating group) is 1. The maximum absolute atomic E-state index is 12.6. The summed E-state index contributed by atoms with van der Waals surface area (Å²) in [7, 11) is 1.27. The maximum atomic E-state index is 12.6. The number of likely N-dealkylation sites (tertiary alicyclic amines) is 1. The van der Waals surface area contributed by atoms with Gasteiger partial charge in [0.2, 0.25) is 0 Å². The van der Waals surface area contributed by atoms with Crippen molar-refractivity contribution in [3.63, 3.8) is 0 Å². The molecule has 2 atom stereocenters. The SMILES string of the molecule is CCN(C(=O)OCc1ccccc1)[C@H]1C[C@@H](C(=O)OC)N(C(=O)OC(C)(C)C)C1. The molecule has 0 bridgehead atoms. The van der Waals surface area contributed by atoms with E-state index < -0.39 is 29.8 Å². The minimum atomic E-state index is -0.809. The van der Waals surface area contributed by atoms with Crippen molar-refractivity contribution in [1.29, 1.82) is 0 Å². The number of methoxy groups -OCH3 is 1. The quantitative estimate of drug-likeness (QED) is 0.551. The standard InChI is InChI=1S/C21H30N2O6/c1-6-22(19(25)28-14-15-10-8-7-9-11-15)16-12-17(18(24)27-5)23(13-16)20(26)29-21(2,3)4/h7-11,16-17H,6,12-14H2,1-5H3/t16-,17-/m0/s1. The van der Waals surface area contributed by atoms with E-state index in [4.69, 9.17) is 14.2 Å². The third-order valence-corrected chi connectivity index (χ3v) is 4.60. The van der Waals surface area contributed by atoms with Gasteiger partial charge in [-0.2, -0.15) is 0 Å². The predicted molar refractivity (Wildman–Crippen MR) is 106 cm³/mol. The summed E-state index contributed by atoms with van der Waals surface area (Å²) in [6.45, 7) is 7.80. The minimum absolute atomic E-state index is 0.152. The molecule has 8 heteroatoms. The number of esters is 1. The number of hydrogen-bond acceptors (Lipinski definition) is 6. The van der Waals surface area contributed by atoms with Crippen LogP contribution in [-0.4, -0.2) is 65.8 Å². The van der Waals surface area contributed by atoms with Gasteiger partial charge in [0, 0.05) is 19.5 Å². The largest absolute Gasteiger partial charge is 0.467 e. The van der Waals surface area contributed by atoms with Crippen LogP contribution in [0.4, 0.5) is 9.59 Å². The highest BCUT2D eigenvalue weighted by Gasteiger charge is 2.45. The van der Waals surface area contributed by atoms with Crippen LogP contribution >= 0.6 is 0 Å². The highest BCUT2D eigenvalue weighted by Crippen LogP contribution is 2.26. The lowest BCUT2D eigenvalue weighted by molar-refractivity contribution is -0.145. The van der Waals surface area contributed by atoms with Crippen molar-refractivity contribution in [3.05, 3.63) is 35.9 Å². The molecule has 2 rings (SSSR count). The summed E-state index contributed by atoms with van der Waals surface area (Å²) in [5.74, 6) is -0.535. The van der Waals surface area contributed by atoms with Crippen molar-refractivity contribution < 1.29 is 28.6 Å². The van der Waals surface area contributed by atoms with Gasteiger partial charge < -0.3 is 19.1 Å². The number of rotatable bonds is 5. The number of carbonyl (C=O) groups is 3. The van der Waals surface area contributed by atoms with Gasteiger partial charge in [0.25, 0.3) is 0 Å². The van der Waals surface area contributed by atoms with E-state index in [0.717, 1.165) is 5.56 Å². The van der Waals surface area contributed by atoms with Gasteiger partial charge in [-0.25, -0.2) is 14.4 Å². The van der Waals surface area contributed by atoms with Crippen molar-refractivity contribution in [1.82, 2.24) is 9.80 Å². The number of carbonyl (C=O) groups excluding carboxylic acids is 3. The molecule has 0 N–H and O–H groups in total. The van der Waals surface area contributed by atoms with E-state index >= 15 is 0 Å². The highest BCUT2D eigenvalue weighted by molar-refractivity contribution is 5.82. The van der Waals surface area contributed by atoms with Gasteiger partial charge >= 0.3 is 18.2 Å². The van der Waals surface area contributed by atoms with Crippen molar-refractivity contribution in [2.45, 2.75) is 58.4 Å². The Kier molecular flexibility index (Phi) is 7.47. The molecule has 1 saturated heterocycles. The summed E-state index contributed by atoms with van der Waals surface area (Å²) in [5.41, 5.74) is 0.181. The molecule has 1 fully saturated rings. The fourth-order valence-corrected chi connectivity index (χ4v) is 3.26. The molecular weight excluding hydrogens is 376 g/mol. The Balaban J connectivity index is 2.09. The zero-order valence-electron chi connectivity index (χ0n) is 17.7. The van der Waals surface area contributed by atoms with Crippen LogP contribution in [0, 0.1) is 0 Å². The van der Waals surface area contributed by atoms with Crippen LogP contribution in [0.15, 0.2) is 30.3 Å². The predicted octanol–water partition coefficient (Wildman–Crippen LogP) is 3.20. The number of ether oxygens (including phenoxy) is 3. The van der Waals surface area contributed by atoms with Gasteiger partial charge in [0.15, 0.2) is 0 Å². The number of amides is 2. The average molecular weight is 406 g/mol. The van der Waals surface area contributed by atoms with E-state index in [0.29, 0.717) is 6.54 Å². The maximum Gasteiger partial charge on any atom is 0.411 e. The fraction of sp³-hybridized carbons (Fsp3) is 0.571. The zero-order valence-corrected chi connectivity index (χ0v) is 17.7. The summed E-state index contributed by atoms with van der Waals surface area (Å²) in [6, 6.07) is 8.19. The Bertz CT molecular complexity index is 716. The first-order valence-corrected chi connectivity index (χ1v) is 9.71. The molecule has 0 aromatic heterocycles. The van der Waals surface area contributed by atoms with Crippen LogP contribution < -0.4 is 0 Å². The van der Waals surface area contributed by atoms with Crippen LogP contribution in [-0.2, 0) is 25.6 Å². The van der Waals surface area contributed by atoms with E-state index in [1.165, 1.54) is 16.9 Å². The second-order valence-corrected chi connectivity index (χ2v) is 7.89. The third kappa shape index (κ3) is 6.10. The van der Waals surface area contributed by atoms with E-state index in [-0.39, 0.29) is 25.6 Å². The molecule has 0 radical (unpaired) electrons. The van der Waals surface area contributed by atoms with E-state index in [9.17, 15) is 14.4 Å². The average Bonchev–Trinajstić information content (AvgIpc) is 3.11. The van der Waals surface area contributed by atoms with Crippen molar-refractivity contribution in [3.8, 4) is 0 Å². The molecule has 1 heterocycles. The molecule has 1 aromatic carbocycles. The number of nitrogens with zero attached hydrogens (tertiary/aromatic N) is 2.